The van der Waals surface area contributed by atoms with Crippen molar-refractivity contribution in [2.75, 3.05) is 6.61 Å². The summed E-state index contributed by atoms with van der Waals surface area (Å²) in [5, 5.41) is 14.7. The summed E-state index contributed by atoms with van der Waals surface area (Å²) in [7, 11) is 0. The van der Waals surface area contributed by atoms with Crippen molar-refractivity contribution in [2.45, 2.75) is 20.0 Å². The molecule has 9 heteroatoms. The van der Waals surface area contributed by atoms with Crippen LogP contribution in [-0.2, 0) is 17.8 Å². The summed E-state index contributed by atoms with van der Waals surface area (Å²) in [4.78, 5) is 22.4. The number of carbonyl (C=O) groups excluding carboxylic acids is 1. The fourth-order valence-electron chi connectivity index (χ4n) is 2.86. The number of nitrogens with one attached hydrogen (secondary N) is 1. The maximum Gasteiger partial charge on any atom is 0.269 e. The number of non-ortho nitro benzene ring substituents is 1. The Kier molecular flexibility index (Phi) is 8.54. The Morgan fingerprint density at radius 1 is 1.06 bits per heavy atom. The zero-order valence-corrected chi connectivity index (χ0v) is 19.4. The summed E-state index contributed by atoms with van der Waals surface area (Å²) < 4.78 is 11.9. The van der Waals surface area contributed by atoms with Gasteiger partial charge in [-0.1, -0.05) is 12.1 Å². The predicted octanol–water partition coefficient (Wildman–Crippen LogP) is 5.03. The van der Waals surface area contributed by atoms with Crippen molar-refractivity contribution in [3.63, 3.8) is 0 Å². The minimum absolute atomic E-state index is 0.0372. The first-order chi connectivity index (χ1) is 15.9. The van der Waals surface area contributed by atoms with E-state index in [1.807, 2.05) is 37.3 Å². The molecule has 3 aromatic carbocycles. The quantitative estimate of drug-likeness (QED) is 0.233. The largest absolute Gasteiger partial charge is 0.494 e. The first kappa shape index (κ1) is 23.9. The van der Waals surface area contributed by atoms with Gasteiger partial charge in [-0.15, -0.1) is 0 Å². The maximum atomic E-state index is 12.1. The molecule has 3 aromatic rings. The molecule has 0 radical (unpaired) electrons. The third-order valence-corrected chi connectivity index (χ3v) is 5.12. The molecule has 0 aliphatic heterocycles. The van der Waals surface area contributed by atoms with E-state index in [4.69, 9.17) is 9.47 Å². The van der Waals surface area contributed by atoms with Crippen LogP contribution in [0.1, 0.15) is 23.6 Å². The number of nitro benzene ring substituents is 1. The molecule has 0 bridgehead atoms. The number of amides is 1. The summed E-state index contributed by atoms with van der Waals surface area (Å²) in [6, 6.07) is 18.9. The molecule has 0 aliphatic rings. The van der Waals surface area contributed by atoms with Gasteiger partial charge in [0.1, 0.15) is 18.1 Å². The lowest BCUT2D eigenvalue weighted by atomic mass is 10.1. The van der Waals surface area contributed by atoms with Crippen molar-refractivity contribution in [1.29, 1.82) is 0 Å². The highest BCUT2D eigenvalue weighted by Crippen LogP contribution is 2.26. The smallest absolute Gasteiger partial charge is 0.269 e. The summed E-state index contributed by atoms with van der Waals surface area (Å²) >= 11 is 3.46. The standard InChI is InChI=1S/C24H22BrN3O5/c1-2-32-21-10-5-17(6-11-21)14-24(29)27-26-15-19-7-12-23(22(25)13-19)33-16-18-3-8-20(9-4-18)28(30)31/h3-13,15H,2,14,16H2,1H3,(H,27,29)/b26-15+. The van der Waals surface area contributed by atoms with Crippen LogP contribution in [0.5, 0.6) is 11.5 Å². The number of ether oxygens (including phenoxy) is 2. The van der Waals surface area contributed by atoms with Gasteiger partial charge in [-0.05, 0) is 82.0 Å². The van der Waals surface area contributed by atoms with Crippen LogP contribution in [0.3, 0.4) is 0 Å². The van der Waals surface area contributed by atoms with Crippen molar-refractivity contribution in [3.8, 4) is 11.5 Å². The van der Waals surface area contributed by atoms with Crippen molar-refractivity contribution in [3.05, 3.63) is 98.0 Å². The monoisotopic (exact) mass is 511 g/mol. The zero-order valence-electron chi connectivity index (χ0n) is 17.9. The number of rotatable bonds is 10. The van der Waals surface area contributed by atoms with Crippen molar-refractivity contribution in [1.82, 2.24) is 5.43 Å². The van der Waals surface area contributed by atoms with Gasteiger partial charge in [0, 0.05) is 12.1 Å². The second kappa shape index (κ2) is 11.8. The molecular formula is C24H22BrN3O5. The normalized spacial score (nSPS) is 10.7. The molecule has 0 atom stereocenters. The first-order valence-corrected chi connectivity index (χ1v) is 10.9. The topological polar surface area (TPSA) is 103 Å². The van der Waals surface area contributed by atoms with E-state index < -0.39 is 4.92 Å². The first-order valence-electron chi connectivity index (χ1n) is 10.1. The minimum atomic E-state index is -0.440. The van der Waals surface area contributed by atoms with Gasteiger partial charge in [0.2, 0.25) is 5.91 Å². The Hall–Kier alpha value is -3.72. The van der Waals surface area contributed by atoms with Crippen molar-refractivity contribution in [2.24, 2.45) is 5.10 Å². The van der Waals surface area contributed by atoms with Crippen LogP contribution in [-0.4, -0.2) is 23.7 Å². The average molecular weight is 512 g/mol. The molecule has 0 unspecified atom stereocenters. The number of hydrogen-bond donors (Lipinski definition) is 1. The second-order valence-corrected chi connectivity index (χ2v) is 7.80. The molecule has 1 N–H and O–H groups in total. The summed E-state index contributed by atoms with van der Waals surface area (Å²) in [5.41, 5.74) is 5.00. The fraction of sp³-hybridized carbons (Fsp3) is 0.167. The third kappa shape index (κ3) is 7.43. The van der Waals surface area contributed by atoms with Crippen LogP contribution in [0.25, 0.3) is 0 Å². The van der Waals surface area contributed by atoms with Crippen molar-refractivity contribution >= 4 is 33.7 Å². The molecule has 0 spiro atoms. The molecule has 170 valence electrons. The van der Waals surface area contributed by atoms with Gasteiger partial charge in [-0.25, -0.2) is 5.43 Å². The van der Waals surface area contributed by atoms with Crippen molar-refractivity contribution < 1.29 is 19.2 Å². The Morgan fingerprint density at radius 2 is 1.76 bits per heavy atom. The molecule has 3 rings (SSSR count). The van der Waals surface area contributed by atoms with Gasteiger partial charge < -0.3 is 9.47 Å². The molecule has 0 aliphatic carbocycles. The number of halogens is 1. The molecular weight excluding hydrogens is 490 g/mol. The summed E-state index contributed by atoms with van der Waals surface area (Å²) in [6.45, 7) is 2.78. The van der Waals surface area contributed by atoms with E-state index in [0.717, 1.165) is 22.4 Å². The molecule has 1 amide bonds. The van der Waals surface area contributed by atoms with Gasteiger partial charge in [0.25, 0.3) is 5.69 Å². The lowest BCUT2D eigenvalue weighted by Gasteiger charge is -2.09. The molecule has 0 aromatic heterocycles. The van der Waals surface area contributed by atoms with E-state index in [9.17, 15) is 14.9 Å². The summed E-state index contributed by atoms with van der Waals surface area (Å²) in [5.74, 6) is 1.16. The second-order valence-electron chi connectivity index (χ2n) is 6.95. The lowest BCUT2D eigenvalue weighted by Crippen LogP contribution is -2.19. The van der Waals surface area contributed by atoms with E-state index in [0.29, 0.717) is 16.8 Å². The van der Waals surface area contributed by atoms with E-state index in [-0.39, 0.29) is 24.6 Å². The molecule has 0 heterocycles. The van der Waals surface area contributed by atoms with E-state index >= 15 is 0 Å². The average Bonchev–Trinajstić information content (AvgIpc) is 2.80. The predicted molar refractivity (Wildman–Crippen MR) is 129 cm³/mol. The zero-order chi connectivity index (χ0) is 23.6. The van der Waals surface area contributed by atoms with Gasteiger partial charge in [-0.3, -0.25) is 14.9 Å². The Balaban J connectivity index is 1.49. The Bertz CT molecular complexity index is 1130. The van der Waals surface area contributed by atoms with Crippen LogP contribution in [0.15, 0.2) is 76.3 Å². The number of carbonyl (C=O) groups is 1. The number of hydrazone groups is 1. The number of hydrogen-bond acceptors (Lipinski definition) is 6. The SMILES string of the molecule is CCOc1ccc(CC(=O)N/N=C/c2ccc(OCc3ccc([N+](=O)[O-])cc3)c(Br)c2)cc1. The number of benzene rings is 3. The van der Waals surface area contributed by atoms with Crippen LogP contribution in [0.2, 0.25) is 0 Å². The number of nitrogens with zero attached hydrogens (tertiary/aromatic N) is 2. The maximum absolute atomic E-state index is 12.1. The highest BCUT2D eigenvalue weighted by molar-refractivity contribution is 9.10. The molecule has 33 heavy (non-hydrogen) atoms. The van der Waals surface area contributed by atoms with E-state index in [1.54, 1.807) is 30.5 Å². The Labute approximate surface area is 199 Å². The Morgan fingerprint density at radius 3 is 2.39 bits per heavy atom. The third-order valence-electron chi connectivity index (χ3n) is 4.50. The van der Waals surface area contributed by atoms with Gasteiger partial charge >= 0.3 is 0 Å². The van der Waals surface area contributed by atoms with Crippen LogP contribution >= 0.6 is 15.9 Å². The van der Waals surface area contributed by atoms with E-state index in [1.165, 1.54) is 12.1 Å². The lowest BCUT2D eigenvalue weighted by molar-refractivity contribution is -0.384. The molecule has 0 fully saturated rings. The highest BCUT2D eigenvalue weighted by atomic mass is 79.9. The van der Waals surface area contributed by atoms with Crippen LogP contribution < -0.4 is 14.9 Å². The number of nitro groups is 1. The van der Waals surface area contributed by atoms with Gasteiger partial charge in [-0.2, -0.15) is 5.10 Å². The van der Waals surface area contributed by atoms with Gasteiger partial charge in [0.15, 0.2) is 0 Å². The molecule has 8 nitrogen and oxygen atoms in total. The van der Waals surface area contributed by atoms with Gasteiger partial charge in [0.05, 0.1) is 28.6 Å². The fourth-order valence-corrected chi connectivity index (χ4v) is 3.37. The molecule has 0 saturated heterocycles. The highest BCUT2D eigenvalue weighted by Gasteiger charge is 2.07. The molecule has 0 saturated carbocycles. The van der Waals surface area contributed by atoms with Crippen LogP contribution in [0, 0.1) is 10.1 Å². The van der Waals surface area contributed by atoms with E-state index in [2.05, 4.69) is 26.5 Å². The summed E-state index contributed by atoms with van der Waals surface area (Å²) in [6.07, 6.45) is 1.75. The van der Waals surface area contributed by atoms with Crippen LogP contribution in [0.4, 0.5) is 5.69 Å². The minimum Gasteiger partial charge on any atom is -0.494 e.